The van der Waals surface area contributed by atoms with Crippen molar-refractivity contribution in [1.29, 1.82) is 0 Å². The molecule has 1 atom stereocenters. The van der Waals surface area contributed by atoms with Gasteiger partial charge in [0.2, 0.25) is 0 Å². The molecule has 1 aromatic rings. The second kappa shape index (κ2) is 6.25. The van der Waals surface area contributed by atoms with Crippen molar-refractivity contribution < 1.29 is 14.7 Å². The molecule has 1 aromatic heterocycles. The number of nitrogens with zero attached hydrogens (tertiary/aromatic N) is 2. The smallest absolute Gasteiger partial charge is 0.305 e. The monoisotopic (exact) mass is 300 g/mol. The quantitative estimate of drug-likeness (QED) is 0.862. The number of aliphatic carboxylic acids is 1. The van der Waals surface area contributed by atoms with Crippen molar-refractivity contribution in [2.24, 2.45) is 0 Å². The minimum atomic E-state index is -0.891. The summed E-state index contributed by atoms with van der Waals surface area (Å²) in [5.74, 6) is 0.395. The summed E-state index contributed by atoms with van der Waals surface area (Å²) >= 11 is 7.44. The van der Waals surface area contributed by atoms with Crippen molar-refractivity contribution in [3.63, 3.8) is 0 Å². The maximum atomic E-state index is 12.4. The molecule has 0 saturated carbocycles. The Morgan fingerprint density at radius 1 is 1.58 bits per heavy atom. The van der Waals surface area contributed by atoms with Crippen LogP contribution in [-0.2, 0) is 4.79 Å². The minimum absolute atomic E-state index is 0.0302. The Labute approximate surface area is 120 Å². The predicted octanol–water partition coefficient (Wildman–Crippen LogP) is 1.77. The molecule has 1 amide bonds. The van der Waals surface area contributed by atoms with Crippen molar-refractivity contribution in [3.05, 3.63) is 29.0 Å². The standard InChI is InChI=1S/C12H13ClN2O3S/c13-10-5-8(1-2-14-10)12(18)15-3-4-19-7-9(15)6-11(16)17/h1-2,5,9H,3-4,6-7H2,(H,16,17). The summed E-state index contributed by atoms with van der Waals surface area (Å²) in [5.41, 5.74) is 0.447. The van der Waals surface area contributed by atoms with Gasteiger partial charge in [-0.05, 0) is 12.1 Å². The van der Waals surface area contributed by atoms with Gasteiger partial charge >= 0.3 is 5.97 Å². The van der Waals surface area contributed by atoms with E-state index in [4.69, 9.17) is 16.7 Å². The summed E-state index contributed by atoms with van der Waals surface area (Å²) in [5, 5.41) is 9.16. The minimum Gasteiger partial charge on any atom is -0.481 e. The van der Waals surface area contributed by atoms with Gasteiger partial charge in [0.25, 0.3) is 5.91 Å². The van der Waals surface area contributed by atoms with Crippen molar-refractivity contribution in [3.8, 4) is 0 Å². The van der Waals surface area contributed by atoms with Gasteiger partial charge in [-0.3, -0.25) is 9.59 Å². The van der Waals surface area contributed by atoms with Crippen LogP contribution in [0.2, 0.25) is 5.15 Å². The van der Waals surface area contributed by atoms with Crippen LogP contribution >= 0.6 is 23.4 Å². The number of halogens is 1. The number of amides is 1. The first-order valence-electron chi connectivity index (χ1n) is 5.80. The normalized spacial score (nSPS) is 19.2. The van der Waals surface area contributed by atoms with E-state index in [1.807, 2.05) is 0 Å². The van der Waals surface area contributed by atoms with Crippen molar-refractivity contribution in [2.75, 3.05) is 18.1 Å². The number of carbonyl (C=O) groups excluding carboxylic acids is 1. The molecule has 1 fully saturated rings. The summed E-state index contributed by atoms with van der Waals surface area (Å²) in [7, 11) is 0. The van der Waals surface area contributed by atoms with Crippen LogP contribution in [0, 0.1) is 0 Å². The highest BCUT2D eigenvalue weighted by atomic mass is 35.5. The average molecular weight is 301 g/mol. The van der Waals surface area contributed by atoms with Gasteiger partial charge in [0.05, 0.1) is 12.5 Å². The van der Waals surface area contributed by atoms with Crippen molar-refractivity contribution >= 4 is 35.2 Å². The first kappa shape index (κ1) is 14.1. The molecule has 7 heteroatoms. The van der Waals surface area contributed by atoms with Crippen LogP contribution in [0.25, 0.3) is 0 Å². The van der Waals surface area contributed by atoms with Gasteiger partial charge in [-0.1, -0.05) is 11.6 Å². The van der Waals surface area contributed by atoms with Gasteiger partial charge in [-0.2, -0.15) is 11.8 Å². The first-order valence-corrected chi connectivity index (χ1v) is 7.33. The summed E-state index contributed by atoms with van der Waals surface area (Å²) < 4.78 is 0. The number of carboxylic acid groups (broad SMARTS) is 1. The van der Waals surface area contributed by atoms with Crippen LogP contribution in [0.5, 0.6) is 0 Å². The number of carboxylic acids is 1. The van der Waals surface area contributed by atoms with E-state index >= 15 is 0 Å². The van der Waals surface area contributed by atoms with Gasteiger partial charge < -0.3 is 10.0 Å². The van der Waals surface area contributed by atoms with Crippen LogP contribution < -0.4 is 0 Å². The van der Waals surface area contributed by atoms with E-state index in [0.29, 0.717) is 17.9 Å². The lowest BCUT2D eigenvalue weighted by atomic mass is 10.1. The lowest BCUT2D eigenvalue weighted by Gasteiger charge is -2.34. The fraction of sp³-hybridized carbons (Fsp3) is 0.417. The summed E-state index contributed by atoms with van der Waals surface area (Å²) in [6, 6.07) is 2.83. The number of thioether (sulfide) groups is 1. The molecule has 1 N–H and O–H groups in total. The largest absolute Gasteiger partial charge is 0.481 e. The fourth-order valence-corrected chi connectivity index (χ4v) is 3.23. The molecule has 0 spiro atoms. The van der Waals surface area contributed by atoms with Gasteiger partial charge in [0, 0.05) is 29.8 Å². The molecule has 0 aromatic carbocycles. The van der Waals surface area contributed by atoms with Gasteiger partial charge in [0.15, 0.2) is 0 Å². The molecular formula is C12H13ClN2O3S. The van der Waals surface area contributed by atoms with E-state index in [-0.39, 0.29) is 23.5 Å². The number of hydrogen-bond acceptors (Lipinski definition) is 4. The van der Waals surface area contributed by atoms with Crippen LogP contribution in [0.4, 0.5) is 0 Å². The van der Waals surface area contributed by atoms with Crippen LogP contribution in [0.3, 0.4) is 0 Å². The zero-order valence-electron chi connectivity index (χ0n) is 10.1. The number of hydrogen-bond donors (Lipinski definition) is 1. The summed E-state index contributed by atoms with van der Waals surface area (Å²) in [6.07, 6.45) is 1.44. The third-order valence-electron chi connectivity index (χ3n) is 2.87. The Hall–Kier alpha value is -1.27. The highest BCUT2D eigenvalue weighted by Gasteiger charge is 2.29. The average Bonchev–Trinajstić information content (AvgIpc) is 2.38. The number of carbonyl (C=O) groups is 2. The third kappa shape index (κ3) is 3.61. The molecule has 0 bridgehead atoms. The number of aromatic nitrogens is 1. The molecule has 5 nitrogen and oxygen atoms in total. The SMILES string of the molecule is O=C(O)CC1CSCCN1C(=O)c1ccnc(Cl)c1. The maximum Gasteiger partial charge on any atom is 0.305 e. The summed E-state index contributed by atoms with van der Waals surface area (Å²) in [4.78, 5) is 28.7. The second-order valence-electron chi connectivity index (χ2n) is 4.19. The lowest BCUT2D eigenvalue weighted by molar-refractivity contribution is -0.138. The Bertz CT molecular complexity index is 498. The molecule has 1 aliphatic heterocycles. The van der Waals surface area contributed by atoms with E-state index in [9.17, 15) is 9.59 Å². The van der Waals surface area contributed by atoms with E-state index < -0.39 is 5.97 Å². The number of rotatable bonds is 3. The van der Waals surface area contributed by atoms with Gasteiger partial charge in [-0.25, -0.2) is 4.98 Å². The molecule has 0 aliphatic carbocycles. The zero-order chi connectivity index (χ0) is 13.8. The molecule has 19 heavy (non-hydrogen) atoms. The third-order valence-corrected chi connectivity index (χ3v) is 4.17. The van der Waals surface area contributed by atoms with E-state index in [0.717, 1.165) is 5.75 Å². The Morgan fingerprint density at radius 3 is 3.05 bits per heavy atom. The Balaban J connectivity index is 2.17. The molecule has 102 valence electrons. The molecule has 2 rings (SSSR count). The second-order valence-corrected chi connectivity index (χ2v) is 5.73. The van der Waals surface area contributed by atoms with E-state index in [1.54, 1.807) is 22.7 Å². The summed E-state index contributed by atoms with van der Waals surface area (Å²) in [6.45, 7) is 0.557. The van der Waals surface area contributed by atoms with E-state index in [2.05, 4.69) is 4.98 Å². The Kier molecular flexibility index (Phi) is 4.66. The van der Waals surface area contributed by atoms with Crippen molar-refractivity contribution in [1.82, 2.24) is 9.88 Å². The zero-order valence-corrected chi connectivity index (χ0v) is 11.7. The number of pyridine rings is 1. The lowest BCUT2D eigenvalue weighted by Crippen LogP contribution is -2.47. The maximum absolute atomic E-state index is 12.4. The molecule has 1 aliphatic rings. The molecule has 2 heterocycles. The molecule has 1 unspecified atom stereocenters. The van der Waals surface area contributed by atoms with E-state index in [1.165, 1.54) is 12.3 Å². The molecule has 0 radical (unpaired) electrons. The topological polar surface area (TPSA) is 70.5 Å². The van der Waals surface area contributed by atoms with Gasteiger partial charge in [0.1, 0.15) is 5.15 Å². The Morgan fingerprint density at radius 2 is 2.37 bits per heavy atom. The van der Waals surface area contributed by atoms with Crippen molar-refractivity contribution in [2.45, 2.75) is 12.5 Å². The molecular weight excluding hydrogens is 288 g/mol. The van der Waals surface area contributed by atoms with Gasteiger partial charge in [-0.15, -0.1) is 0 Å². The van der Waals surface area contributed by atoms with Crippen LogP contribution in [0.15, 0.2) is 18.3 Å². The highest BCUT2D eigenvalue weighted by Crippen LogP contribution is 2.21. The fourth-order valence-electron chi connectivity index (χ4n) is 1.99. The predicted molar refractivity (Wildman–Crippen MR) is 73.6 cm³/mol. The first-order chi connectivity index (χ1) is 9.08. The highest BCUT2D eigenvalue weighted by molar-refractivity contribution is 7.99. The van der Waals surface area contributed by atoms with Crippen LogP contribution in [-0.4, -0.2) is 51.0 Å². The van der Waals surface area contributed by atoms with Crippen LogP contribution in [0.1, 0.15) is 16.8 Å². The molecule has 1 saturated heterocycles.